The van der Waals surface area contributed by atoms with Crippen LogP contribution in [0.15, 0.2) is 0 Å². The Balaban J connectivity index is 3.43. The average molecular weight is 175 g/mol. The van der Waals surface area contributed by atoms with E-state index in [-0.39, 0.29) is 19.1 Å². The average Bonchev–Trinajstić information content (AvgIpc) is 2.05. The first-order valence-electron chi connectivity index (χ1n) is 4.18. The Labute approximate surface area is 72.8 Å². The summed E-state index contributed by atoms with van der Waals surface area (Å²) in [6.45, 7) is 0.525. The van der Waals surface area contributed by atoms with Gasteiger partial charge in [0.2, 0.25) is 5.91 Å². The molecule has 0 aromatic carbocycles. The molecule has 12 heavy (non-hydrogen) atoms. The van der Waals surface area contributed by atoms with Crippen molar-refractivity contribution in [2.24, 2.45) is 0 Å². The van der Waals surface area contributed by atoms with Crippen LogP contribution in [0.1, 0.15) is 19.3 Å². The van der Waals surface area contributed by atoms with Gasteiger partial charge in [-0.2, -0.15) is 0 Å². The molecule has 0 spiro atoms. The minimum Gasteiger partial charge on any atom is -0.396 e. The van der Waals surface area contributed by atoms with Gasteiger partial charge in [-0.1, -0.05) is 0 Å². The van der Waals surface area contributed by atoms with Crippen LogP contribution in [-0.2, 0) is 4.79 Å². The summed E-state index contributed by atoms with van der Waals surface area (Å²) < 4.78 is 0. The molecule has 0 aliphatic rings. The summed E-state index contributed by atoms with van der Waals surface area (Å²) in [7, 11) is 1.66. The first-order chi connectivity index (χ1) is 5.72. The van der Waals surface area contributed by atoms with E-state index in [1.54, 1.807) is 7.05 Å². The van der Waals surface area contributed by atoms with Crippen molar-refractivity contribution >= 4 is 5.91 Å². The van der Waals surface area contributed by atoms with Gasteiger partial charge in [-0.05, 0) is 12.8 Å². The summed E-state index contributed by atoms with van der Waals surface area (Å²) in [5, 5.41) is 17.0. The van der Waals surface area contributed by atoms with Crippen molar-refractivity contribution in [3.8, 4) is 0 Å². The largest absolute Gasteiger partial charge is 0.396 e. The van der Waals surface area contributed by atoms with E-state index >= 15 is 0 Å². The molecule has 0 aliphatic heterocycles. The van der Waals surface area contributed by atoms with E-state index in [4.69, 9.17) is 10.2 Å². The smallest absolute Gasteiger partial charge is 0.222 e. The van der Waals surface area contributed by atoms with Gasteiger partial charge in [0, 0.05) is 26.6 Å². The molecule has 0 aromatic rings. The Morgan fingerprint density at radius 3 is 2.42 bits per heavy atom. The van der Waals surface area contributed by atoms with Gasteiger partial charge in [-0.3, -0.25) is 4.79 Å². The Morgan fingerprint density at radius 2 is 1.92 bits per heavy atom. The molecule has 4 nitrogen and oxygen atoms in total. The van der Waals surface area contributed by atoms with E-state index in [0.717, 1.165) is 0 Å². The van der Waals surface area contributed by atoms with Crippen molar-refractivity contribution < 1.29 is 15.0 Å². The van der Waals surface area contributed by atoms with Gasteiger partial charge >= 0.3 is 0 Å². The molecular weight excluding hydrogens is 158 g/mol. The van der Waals surface area contributed by atoms with Crippen LogP contribution in [0.25, 0.3) is 0 Å². The Morgan fingerprint density at radius 1 is 1.25 bits per heavy atom. The summed E-state index contributed by atoms with van der Waals surface area (Å²) >= 11 is 0. The van der Waals surface area contributed by atoms with Crippen molar-refractivity contribution in [3.63, 3.8) is 0 Å². The highest BCUT2D eigenvalue weighted by molar-refractivity contribution is 5.75. The van der Waals surface area contributed by atoms with Crippen LogP contribution in [0.5, 0.6) is 0 Å². The molecular formula is C8H17NO3. The van der Waals surface area contributed by atoms with Crippen LogP contribution in [-0.4, -0.2) is 47.8 Å². The zero-order chi connectivity index (χ0) is 9.40. The van der Waals surface area contributed by atoms with Crippen LogP contribution < -0.4 is 0 Å². The maximum absolute atomic E-state index is 11.1. The number of nitrogens with zero attached hydrogens (tertiary/aromatic N) is 1. The van der Waals surface area contributed by atoms with E-state index in [1.165, 1.54) is 4.90 Å². The van der Waals surface area contributed by atoms with Gasteiger partial charge in [0.25, 0.3) is 0 Å². The topological polar surface area (TPSA) is 60.8 Å². The number of amides is 1. The number of unbranched alkanes of at least 4 members (excludes halogenated alkanes) is 1. The molecule has 0 heterocycles. The lowest BCUT2D eigenvalue weighted by Crippen LogP contribution is -2.29. The van der Waals surface area contributed by atoms with Crippen LogP contribution in [0.4, 0.5) is 0 Å². The maximum atomic E-state index is 11.1. The predicted octanol–water partition coefficient (Wildman–Crippen LogP) is -0.400. The zero-order valence-electron chi connectivity index (χ0n) is 7.49. The van der Waals surface area contributed by atoms with Crippen molar-refractivity contribution in [2.75, 3.05) is 26.8 Å². The fraction of sp³-hybridized carbons (Fsp3) is 0.875. The molecule has 2 N–H and O–H groups in total. The number of hydrogen-bond acceptors (Lipinski definition) is 3. The van der Waals surface area contributed by atoms with E-state index < -0.39 is 0 Å². The standard InChI is InChI=1S/C8H17NO3/c1-9(5-7-11)8(12)4-2-3-6-10/h10-11H,2-7H2,1H3. The Kier molecular flexibility index (Phi) is 6.70. The Bertz CT molecular complexity index is 127. The number of hydrogen-bond donors (Lipinski definition) is 2. The quantitative estimate of drug-likeness (QED) is 0.540. The highest BCUT2D eigenvalue weighted by Gasteiger charge is 2.06. The van der Waals surface area contributed by atoms with Gasteiger partial charge in [0.1, 0.15) is 0 Å². The molecule has 0 unspecified atom stereocenters. The van der Waals surface area contributed by atoms with Crippen LogP contribution in [0, 0.1) is 0 Å². The third-order valence-electron chi connectivity index (χ3n) is 1.66. The number of likely N-dealkylation sites (N-methyl/N-ethyl adjacent to an activating group) is 1. The number of carbonyl (C=O) groups excluding carboxylic acids is 1. The SMILES string of the molecule is CN(CCO)C(=O)CCCCO. The molecule has 0 saturated heterocycles. The van der Waals surface area contributed by atoms with Crippen LogP contribution >= 0.6 is 0 Å². The van der Waals surface area contributed by atoms with Gasteiger partial charge in [-0.15, -0.1) is 0 Å². The number of carbonyl (C=O) groups is 1. The number of aliphatic hydroxyl groups excluding tert-OH is 2. The van der Waals surface area contributed by atoms with E-state index in [0.29, 0.717) is 25.8 Å². The molecule has 0 rings (SSSR count). The van der Waals surface area contributed by atoms with Gasteiger partial charge in [0.15, 0.2) is 0 Å². The first-order valence-corrected chi connectivity index (χ1v) is 4.18. The predicted molar refractivity (Wildman–Crippen MR) is 45.7 cm³/mol. The fourth-order valence-corrected chi connectivity index (χ4v) is 0.854. The zero-order valence-corrected chi connectivity index (χ0v) is 7.49. The molecule has 0 aromatic heterocycles. The normalized spacial score (nSPS) is 9.92. The molecule has 4 heteroatoms. The molecule has 0 aliphatic carbocycles. The second kappa shape index (κ2) is 7.06. The summed E-state index contributed by atoms with van der Waals surface area (Å²) in [6.07, 6.45) is 1.83. The number of aliphatic hydroxyl groups is 2. The summed E-state index contributed by atoms with van der Waals surface area (Å²) in [5.41, 5.74) is 0. The van der Waals surface area contributed by atoms with Crippen molar-refractivity contribution in [2.45, 2.75) is 19.3 Å². The molecule has 0 atom stereocenters. The van der Waals surface area contributed by atoms with E-state index in [2.05, 4.69) is 0 Å². The third kappa shape index (κ3) is 5.09. The lowest BCUT2D eigenvalue weighted by Gasteiger charge is -2.14. The van der Waals surface area contributed by atoms with Crippen molar-refractivity contribution in [1.29, 1.82) is 0 Å². The van der Waals surface area contributed by atoms with E-state index in [1.807, 2.05) is 0 Å². The molecule has 72 valence electrons. The molecule has 0 radical (unpaired) electrons. The fourth-order valence-electron chi connectivity index (χ4n) is 0.854. The van der Waals surface area contributed by atoms with Crippen molar-refractivity contribution in [3.05, 3.63) is 0 Å². The van der Waals surface area contributed by atoms with Gasteiger partial charge < -0.3 is 15.1 Å². The monoisotopic (exact) mass is 175 g/mol. The van der Waals surface area contributed by atoms with Crippen LogP contribution in [0.3, 0.4) is 0 Å². The minimum absolute atomic E-state index is 0.00222. The molecule has 0 saturated carbocycles. The summed E-state index contributed by atoms with van der Waals surface area (Å²) in [6, 6.07) is 0. The Hall–Kier alpha value is -0.610. The summed E-state index contributed by atoms with van der Waals surface area (Å²) in [4.78, 5) is 12.6. The highest BCUT2D eigenvalue weighted by atomic mass is 16.3. The van der Waals surface area contributed by atoms with Gasteiger partial charge in [0.05, 0.1) is 6.61 Å². The lowest BCUT2D eigenvalue weighted by atomic mass is 10.2. The molecule has 0 fully saturated rings. The first kappa shape index (κ1) is 11.4. The highest BCUT2D eigenvalue weighted by Crippen LogP contribution is 1.98. The minimum atomic E-state index is 0.00222. The van der Waals surface area contributed by atoms with Crippen LogP contribution in [0.2, 0.25) is 0 Å². The molecule has 1 amide bonds. The third-order valence-corrected chi connectivity index (χ3v) is 1.66. The second-order valence-electron chi connectivity index (χ2n) is 2.72. The van der Waals surface area contributed by atoms with Gasteiger partial charge in [-0.25, -0.2) is 0 Å². The lowest BCUT2D eigenvalue weighted by molar-refractivity contribution is -0.130. The maximum Gasteiger partial charge on any atom is 0.222 e. The van der Waals surface area contributed by atoms with E-state index in [9.17, 15) is 4.79 Å². The molecule has 0 bridgehead atoms. The second-order valence-corrected chi connectivity index (χ2v) is 2.72. The number of rotatable bonds is 6. The summed E-state index contributed by atoms with van der Waals surface area (Å²) in [5.74, 6) is 0.0255. The van der Waals surface area contributed by atoms with Crippen molar-refractivity contribution in [1.82, 2.24) is 4.90 Å².